The molecule has 1 atom stereocenters. The second kappa shape index (κ2) is 6.24. The maximum Gasteiger partial charge on any atom is 0.241 e. The minimum absolute atomic E-state index is 0.0185. The second-order valence-electron chi connectivity index (χ2n) is 3.87. The Bertz CT molecular complexity index is 504. The first kappa shape index (κ1) is 15.0. The highest BCUT2D eigenvalue weighted by atomic mass is 32.2. The summed E-state index contributed by atoms with van der Waals surface area (Å²) in [5.41, 5.74) is 0.435. The Balaban J connectivity index is 2.83. The summed E-state index contributed by atoms with van der Waals surface area (Å²) in [5, 5.41) is 9.36. The second-order valence-corrected chi connectivity index (χ2v) is 5.61. The summed E-state index contributed by atoms with van der Waals surface area (Å²) in [6, 6.07) is 3.52. The molecule has 1 rings (SSSR count). The fraction of sp³-hybridized carbons (Fsp3) is 0.455. The molecule has 5 nitrogen and oxygen atoms in total. The normalized spacial score (nSPS) is 13.6. The predicted octanol–water partition coefficient (Wildman–Crippen LogP) is 0.420. The number of sulfonamides is 1. The molecule has 1 unspecified atom stereocenters. The third-order valence-corrected chi connectivity index (χ3v) is 3.87. The van der Waals surface area contributed by atoms with Gasteiger partial charge in [-0.05, 0) is 24.6 Å². The van der Waals surface area contributed by atoms with Gasteiger partial charge >= 0.3 is 0 Å². The monoisotopic (exact) mass is 277 g/mol. The van der Waals surface area contributed by atoms with Crippen molar-refractivity contribution >= 4 is 10.0 Å². The van der Waals surface area contributed by atoms with E-state index in [0.29, 0.717) is 5.56 Å². The number of benzene rings is 1. The third kappa shape index (κ3) is 4.02. The topological polar surface area (TPSA) is 75.6 Å². The van der Waals surface area contributed by atoms with Crippen LogP contribution >= 0.6 is 0 Å². The fourth-order valence-corrected chi connectivity index (χ4v) is 2.73. The standard InChI is InChI=1S/C11H16FNO4S/c1-8-3-4-9(12)5-11(8)18(15,16)13-6-10(14)7-17-2/h3-5,10,13-14H,6-7H2,1-2H3. The summed E-state index contributed by atoms with van der Waals surface area (Å²) in [6.07, 6.45) is -0.946. The van der Waals surface area contributed by atoms with E-state index in [4.69, 9.17) is 0 Å². The van der Waals surface area contributed by atoms with Crippen LogP contribution in [0, 0.1) is 12.7 Å². The molecule has 0 aliphatic heterocycles. The molecule has 0 fully saturated rings. The highest BCUT2D eigenvalue weighted by molar-refractivity contribution is 7.89. The van der Waals surface area contributed by atoms with E-state index in [0.717, 1.165) is 6.07 Å². The van der Waals surface area contributed by atoms with E-state index in [2.05, 4.69) is 9.46 Å². The Morgan fingerprint density at radius 2 is 2.17 bits per heavy atom. The Morgan fingerprint density at radius 3 is 2.78 bits per heavy atom. The van der Waals surface area contributed by atoms with Crippen LogP contribution in [0.3, 0.4) is 0 Å². The molecule has 0 bridgehead atoms. The van der Waals surface area contributed by atoms with E-state index in [1.807, 2.05) is 0 Å². The predicted molar refractivity (Wildman–Crippen MR) is 64.2 cm³/mol. The maximum absolute atomic E-state index is 13.0. The van der Waals surface area contributed by atoms with Crippen LogP contribution in [-0.4, -0.2) is 39.9 Å². The Labute approximate surface area is 106 Å². The number of aliphatic hydroxyl groups is 1. The van der Waals surface area contributed by atoms with Gasteiger partial charge in [0.15, 0.2) is 0 Å². The van der Waals surface area contributed by atoms with Crippen LogP contribution in [0.25, 0.3) is 0 Å². The van der Waals surface area contributed by atoms with Gasteiger partial charge in [-0.2, -0.15) is 0 Å². The fourth-order valence-electron chi connectivity index (χ4n) is 1.40. The number of methoxy groups -OCH3 is 1. The minimum Gasteiger partial charge on any atom is -0.389 e. The van der Waals surface area contributed by atoms with Crippen molar-refractivity contribution in [3.05, 3.63) is 29.6 Å². The number of nitrogens with one attached hydrogen (secondary N) is 1. The van der Waals surface area contributed by atoms with E-state index in [1.54, 1.807) is 6.92 Å². The molecule has 1 aromatic rings. The summed E-state index contributed by atoms with van der Waals surface area (Å²) in [6.45, 7) is 1.40. The number of ether oxygens (including phenoxy) is 1. The van der Waals surface area contributed by atoms with Crippen molar-refractivity contribution < 1.29 is 22.7 Å². The lowest BCUT2D eigenvalue weighted by atomic mass is 10.2. The number of halogens is 1. The molecule has 0 spiro atoms. The summed E-state index contributed by atoms with van der Waals surface area (Å²) in [5.74, 6) is -0.626. The third-order valence-electron chi connectivity index (χ3n) is 2.31. The zero-order valence-corrected chi connectivity index (χ0v) is 11.0. The highest BCUT2D eigenvalue weighted by Gasteiger charge is 2.18. The van der Waals surface area contributed by atoms with Crippen molar-refractivity contribution in [2.45, 2.75) is 17.9 Å². The SMILES string of the molecule is COCC(O)CNS(=O)(=O)c1cc(F)ccc1C. The van der Waals surface area contributed by atoms with Crippen molar-refractivity contribution in [1.82, 2.24) is 4.72 Å². The molecular formula is C11H16FNO4S. The van der Waals surface area contributed by atoms with E-state index in [-0.39, 0.29) is 18.0 Å². The molecule has 0 aliphatic rings. The van der Waals surface area contributed by atoms with E-state index >= 15 is 0 Å². The molecule has 0 heterocycles. The number of hydrogen-bond donors (Lipinski definition) is 2. The molecule has 0 saturated carbocycles. The Morgan fingerprint density at radius 1 is 1.50 bits per heavy atom. The first-order valence-electron chi connectivity index (χ1n) is 5.29. The van der Waals surface area contributed by atoms with Gasteiger partial charge in [-0.1, -0.05) is 6.07 Å². The largest absolute Gasteiger partial charge is 0.389 e. The van der Waals surface area contributed by atoms with Crippen LogP contribution in [0.5, 0.6) is 0 Å². The first-order chi connectivity index (χ1) is 8.36. The molecule has 0 saturated heterocycles. The Hall–Kier alpha value is -1.02. The first-order valence-corrected chi connectivity index (χ1v) is 6.78. The molecule has 2 N–H and O–H groups in total. The number of rotatable bonds is 6. The van der Waals surface area contributed by atoms with Gasteiger partial charge in [0.25, 0.3) is 0 Å². The molecule has 7 heteroatoms. The van der Waals surface area contributed by atoms with Crippen LogP contribution in [0.1, 0.15) is 5.56 Å². The maximum atomic E-state index is 13.0. The van der Waals surface area contributed by atoms with Crippen LogP contribution in [0.4, 0.5) is 4.39 Å². The summed E-state index contributed by atoms with van der Waals surface area (Å²) in [7, 11) is -2.44. The molecule has 18 heavy (non-hydrogen) atoms. The lowest BCUT2D eigenvalue weighted by molar-refractivity contribution is 0.0679. The number of hydrogen-bond acceptors (Lipinski definition) is 4. The molecule has 0 aliphatic carbocycles. The Kier molecular flexibility index (Phi) is 5.21. The molecule has 0 aromatic heterocycles. The van der Waals surface area contributed by atoms with Crippen molar-refractivity contribution in [2.24, 2.45) is 0 Å². The van der Waals surface area contributed by atoms with E-state index in [1.165, 1.54) is 19.2 Å². The molecule has 102 valence electrons. The van der Waals surface area contributed by atoms with Gasteiger partial charge in [0.05, 0.1) is 17.6 Å². The minimum atomic E-state index is -3.83. The number of aryl methyl sites for hydroxylation is 1. The summed E-state index contributed by atoms with van der Waals surface area (Å²) < 4.78 is 43.7. The van der Waals surface area contributed by atoms with Gasteiger partial charge in [0, 0.05) is 13.7 Å². The van der Waals surface area contributed by atoms with Gasteiger partial charge in [-0.3, -0.25) is 0 Å². The lowest BCUT2D eigenvalue weighted by Crippen LogP contribution is -2.34. The highest BCUT2D eigenvalue weighted by Crippen LogP contribution is 2.15. The zero-order chi connectivity index (χ0) is 13.8. The van der Waals surface area contributed by atoms with Crippen molar-refractivity contribution in [1.29, 1.82) is 0 Å². The van der Waals surface area contributed by atoms with Crippen LogP contribution < -0.4 is 4.72 Å². The van der Waals surface area contributed by atoms with E-state index < -0.39 is 21.9 Å². The molecule has 1 aromatic carbocycles. The van der Waals surface area contributed by atoms with Crippen LogP contribution in [-0.2, 0) is 14.8 Å². The smallest absolute Gasteiger partial charge is 0.241 e. The lowest BCUT2D eigenvalue weighted by Gasteiger charge is -2.12. The average molecular weight is 277 g/mol. The van der Waals surface area contributed by atoms with Gasteiger partial charge in [-0.25, -0.2) is 17.5 Å². The van der Waals surface area contributed by atoms with Crippen LogP contribution in [0.2, 0.25) is 0 Å². The average Bonchev–Trinajstić information content (AvgIpc) is 2.30. The quantitative estimate of drug-likeness (QED) is 0.790. The molecule has 0 amide bonds. The summed E-state index contributed by atoms with van der Waals surface area (Å²) >= 11 is 0. The number of aliphatic hydroxyl groups excluding tert-OH is 1. The van der Waals surface area contributed by atoms with E-state index in [9.17, 15) is 17.9 Å². The van der Waals surface area contributed by atoms with Crippen molar-refractivity contribution in [3.8, 4) is 0 Å². The van der Waals surface area contributed by atoms with Gasteiger partial charge < -0.3 is 9.84 Å². The van der Waals surface area contributed by atoms with Crippen molar-refractivity contribution in [3.63, 3.8) is 0 Å². The van der Waals surface area contributed by atoms with Crippen LogP contribution in [0.15, 0.2) is 23.1 Å². The van der Waals surface area contributed by atoms with Gasteiger partial charge in [0.2, 0.25) is 10.0 Å². The molecule has 0 radical (unpaired) electrons. The van der Waals surface area contributed by atoms with Gasteiger partial charge in [0.1, 0.15) is 5.82 Å². The zero-order valence-electron chi connectivity index (χ0n) is 10.2. The molecular weight excluding hydrogens is 261 g/mol. The summed E-state index contributed by atoms with van der Waals surface area (Å²) in [4.78, 5) is -0.132. The van der Waals surface area contributed by atoms with Gasteiger partial charge in [-0.15, -0.1) is 0 Å². The van der Waals surface area contributed by atoms with Crippen molar-refractivity contribution in [2.75, 3.05) is 20.3 Å².